The van der Waals surface area contributed by atoms with E-state index in [1.807, 2.05) is 34.1 Å². The summed E-state index contributed by atoms with van der Waals surface area (Å²) in [6.45, 7) is 9.64. The number of ether oxygens (including phenoxy) is 1. The monoisotopic (exact) mass is 360 g/mol. The van der Waals surface area contributed by atoms with Crippen molar-refractivity contribution < 1.29 is 14.3 Å². The highest BCUT2D eigenvalue weighted by Gasteiger charge is 2.22. The molecule has 1 heterocycles. The van der Waals surface area contributed by atoms with Gasteiger partial charge in [-0.25, -0.2) is 0 Å². The number of nitrogens with zero attached hydrogens (tertiary/aromatic N) is 2. The molecule has 144 valence electrons. The number of carbonyl (C=O) groups is 2. The lowest BCUT2D eigenvalue weighted by Crippen LogP contribution is -2.37. The first-order valence-corrected chi connectivity index (χ1v) is 9.81. The summed E-state index contributed by atoms with van der Waals surface area (Å²) in [5.74, 6) is 1.51. The molecule has 2 amide bonds. The van der Waals surface area contributed by atoms with Gasteiger partial charge in [0.1, 0.15) is 5.75 Å². The van der Waals surface area contributed by atoms with Crippen LogP contribution in [0.5, 0.6) is 5.75 Å². The number of unbranched alkanes of at least 4 members (excludes halogenated alkanes) is 1. The SMILES string of the molecule is CCCCC(=O)N1CCCN(C(=O)c2ccc(OCC(C)C)cc2)CC1. The van der Waals surface area contributed by atoms with Gasteiger partial charge >= 0.3 is 0 Å². The van der Waals surface area contributed by atoms with E-state index >= 15 is 0 Å². The number of amides is 2. The van der Waals surface area contributed by atoms with Gasteiger partial charge in [0.2, 0.25) is 5.91 Å². The van der Waals surface area contributed by atoms with Crippen molar-refractivity contribution in [2.75, 3.05) is 32.8 Å². The van der Waals surface area contributed by atoms with Gasteiger partial charge in [-0.3, -0.25) is 9.59 Å². The van der Waals surface area contributed by atoms with Crippen LogP contribution in [-0.2, 0) is 4.79 Å². The van der Waals surface area contributed by atoms with Crippen LogP contribution in [0, 0.1) is 5.92 Å². The van der Waals surface area contributed by atoms with E-state index in [9.17, 15) is 9.59 Å². The Labute approximate surface area is 157 Å². The average molecular weight is 360 g/mol. The van der Waals surface area contributed by atoms with Gasteiger partial charge in [-0.2, -0.15) is 0 Å². The number of hydrogen-bond acceptors (Lipinski definition) is 3. The van der Waals surface area contributed by atoms with E-state index in [2.05, 4.69) is 20.8 Å². The Morgan fingerprint density at radius 3 is 2.35 bits per heavy atom. The summed E-state index contributed by atoms with van der Waals surface area (Å²) < 4.78 is 5.67. The lowest BCUT2D eigenvalue weighted by molar-refractivity contribution is -0.131. The van der Waals surface area contributed by atoms with Gasteiger partial charge in [0.15, 0.2) is 0 Å². The lowest BCUT2D eigenvalue weighted by Gasteiger charge is -2.22. The summed E-state index contributed by atoms with van der Waals surface area (Å²) in [6.07, 6.45) is 3.41. The minimum atomic E-state index is 0.0308. The zero-order valence-corrected chi connectivity index (χ0v) is 16.4. The average Bonchev–Trinajstić information content (AvgIpc) is 2.90. The molecule has 1 aromatic carbocycles. The topological polar surface area (TPSA) is 49.9 Å². The third-order valence-corrected chi connectivity index (χ3v) is 4.56. The van der Waals surface area contributed by atoms with Crippen LogP contribution >= 0.6 is 0 Å². The highest BCUT2D eigenvalue weighted by atomic mass is 16.5. The van der Waals surface area contributed by atoms with E-state index in [1.165, 1.54) is 0 Å². The third kappa shape index (κ3) is 6.04. The van der Waals surface area contributed by atoms with Crippen molar-refractivity contribution in [1.29, 1.82) is 0 Å². The van der Waals surface area contributed by atoms with Gasteiger partial charge in [-0.1, -0.05) is 27.2 Å². The van der Waals surface area contributed by atoms with E-state index in [4.69, 9.17) is 4.74 Å². The predicted molar refractivity (Wildman–Crippen MR) is 103 cm³/mol. The second kappa shape index (κ2) is 10.2. The predicted octanol–water partition coefficient (Wildman–Crippen LogP) is 3.59. The second-order valence-electron chi connectivity index (χ2n) is 7.36. The van der Waals surface area contributed by atoms with Crippen LogP contribution in [0.1, 0.15) is 56.8 Å². The highest BCUT2D eigenvalue weighted by molar-refractivity contribution is 5.94. The fraction of sp³-hybridized carbons (Fsp3) is 0.619. The molecule has 2 rings (SSSR count). The first kappa shape index (κ1) is 20.3. The molecule has 5 nitrogen and oxygen atoms in total. The fourth-order valence-electron chi connectivity index (χ4n) is 3.00. The second-order valence-corrected chi connectivity index (χ2v) is 7.36. The standard InChI is InChI=1S/C21H32N2O3/c1-4-5-7-20(24)22-12-6-13-23(15-14-22)21(25)18-8-10-19(11-9-18)26-16-17(2)3/h8-11,17H,4-7,12-16H2,1-3H3. The molecule has 0 spiro atoms. The van der Waals surface area contributed by atoms with Crippen LogP contribution in [0.4, 0.5) is 0 Å². The van der Waals surface area contributed by atoms with E-state index < -0.39 is 0 Å². The molecule has 0 aliphatic carbocycles. The minimum Gasteiger partial charge on any atom is -0.493 e. The summed E-state index contributed by atoms with van der Waals surface area (Å²) in [5.41, 5.74) is 0.674. The van der Waals surface area contributed by atoms with E-state index in [0.717, 1.165) is 31.6 Å². The van der Waals surface area contributed by atoms with Crippen LogP contribution in [0.25, 0.3) is 0 Å². The molecule has 26 heavy (non-hydrogen) atoms. The van der Waals surface area contributed by atoms with Crippen molar-refractivity contribution in [3.8, 4) is 5.75 Å². The first-order chi connectivity index (χ1) is 12.5. The lowest BCUT2D eigenvalue weighted by atomic mass is 10.2. The first-order valence-electron chi connectivity index (χ1n) is 9.81. The number of benzene rings is 1. The molecule has 0 N–H and O–H groups in total. The molecule has 1 aromatic rings. The Hall–Kier alpha value is -2.04. The van der Waals surface area contributed by atoms with Gasteiger partial charge in [0.05, 0.1) is 6.61 Å². The summed E-state index contributed by atoms with van der Waals surface area (Å²) in [7, 11) is 0. The molecule has 0 radical (unpaired) electrons. The minimum absolute atomic E-state index is 0.0308. The largest absolute Gasteiger partial charge is 0.493 e. The zero-order valence-electron chi connectivity index (χ0n) is 16.4. The van der Waals surface area contributed by atoms with Crippen molar-refractivity contribution in [2.24, 2.45) is 5.92 Å². The molecule has 0 saturated carbocycles. The summed E-state index contributed by atoms with van der Waals surface area (Å²) in [4.78, 5) is 28.7. The normalized spacial score (nSPS) is 15.1. The van der Waals surface area contributed by atoms with Crippen LogP contribution in [0.15, 0.2) is 24.3 Å². The van der Waals surface area contributed by atoms with E-state index in [-0.39, 0.29) is 11.8 Å². The summed E-state index contributed by atoms with van der Waals surface area (Å²) in [5, 5.41) is 0. The smallest absolute Gasteiger partial charge is 0.253 e. The molecular weight excluding hydrogens is 328 g/mol. The van der Waals surface area contributed by atoms with Gasteiger partial charge in [0, 0.05) is 38.2 Å². The Morgan fingerprint density at radius 2 is 1.69 bits per heavy atom. The van der Waals surface area contributed by atoms with Crippen molar-refractivity contribution in [2.45, 2.75) is 46.5 Å². The molecular formula is C21H32N2O3. The third-order valence-electron chi connectivity index (χ3n) is 4.56. The van der Waals surface area contributed by atoms with Crippen molar-refractivity contribution in [1.82, 2.24) is 9.80 Å². The van der Waals surface area contributed by atoms with Crippen molar-refractivity contribution in [3.63, 3.8) is 0 Å². The van der Waals surface area contributed by atoms with Gasteiger partial charge in [-0.05, 0) is 43.0 Å². The van der Waals surface area contributed by atoms with Gasteiger partial charge in [-0.15, -0.1) is 0 Å². The van der Waals surface area contributed by atoms with Gasteiger partial charge in [0.25, 0.3) is 5.91 Å². The Kier molecular flexibility index (Phi) is 7.95. The molecule has 0 bridgehead atoms. The fourth-order valence-corrected chi connectivity index (χ4v) is 3.00. The Bertz CT molecular complexity index is 583. The number of rotatable bonds is 7. The zero-order chi connectivity index (χ0) is 18.9. The van der Waals surface area contributed by atoms with Gasteiger partial charge < -0.3 is 14.5 Å². The van der Waals surface area contributed by atoms with E-state index in [0.29, 0.717) is 44.1 Å². The number of hydrogen-bond donors (Lipinski definition) is 0. The maximum absolute atomic E-state index is 12.8. The quantitative estimate of drug-likeness (QED) is 0.747. The molecule has 1 aliphatic heterocycles. The van der Waals surface area contributed by atoms with Crippen LogP contribution in [0.3, 0.4) is 0 Å². The van der Waals surface area contributed by atoms with Crippen molar-refractivity contribution >= 4 is 11.8 Å². The van der Waals surface area contributed by atoms with E-state index in [1.54, 1.807) is 0 Å². The molecule has 0 unspecified atom stereocenters. The maximum Gasteiger partial charge on any atom is 0.253 e. The molecule has 1 fully saturated rings. The van der Waals surface area contributed by atoms with Crippen LogP contribution < -0.4 is 4.74 Å². The Balaban J connectivity index is 1.90. The Morgan fingerprint density at radius 1 is 1.04 bits per heavy atom. The number of carbonyl (C=O) groups excluding carboxylic acids is 2. The van der Waals surface area contributed by atoms with Crippen molar-refractivity contribution in [3.05, 3.63) is 29.8 Å². The highest BCUT2D eigenvalue weighted by Crippen LogP contribution is 2.16. The maximum atomic E-state index is 12.8. The molecule has 1 aliphatic rings. The molecule has 5 heteroatoms. The molecule has 1 saturated heterocycles. The summed E-state index contributed by atoms with van der Waals surface area (Å²) in [6, 6.07) is 7.36. The van der Waals surface area contributed by atoms with Crippen LogP contribution in [-0.4, -0.2) is 54.4 Å². The van der Waals surface area contributed by atoms with Crippen LogP contribution in [0.2, 0.25) is 0 Å². The molecule has 0 aromatic heterocycles. The summed E-state index contributed by atoms with van der Waals surface area (Å²) >= 11 is 0. The molecule has 0 atom stereocenters.